The molecule has 4 rings (SSSR count). The molecule has 13 heteroatoms. The summed E-state index contributed by atoms with van der Waals surface area (Å²) in [5.41, 5.74) is 1.94. The number of benzene rings is 1. The van der Waals surface area contributed by atoms with Crippen LogP contribution in [-0.2, 0) is 11.3 Å². The molecule has 2 heterocycles. The number of anilines is 1. The molecule has 0 radical (unpaired) electrons. The number of halogens is 4. The summed E-state index contributed by atoms with van der Waals surface area (Å²) in [6, 6.07) is 10.3. The van der Waals surface area contributed by atoms with E-state index in [0.29, 0.717) is 21.8 Å². The van der Waals surface area contributed by atoms with Gasteiger partial charge in [0, 0.05) is 50.5 Å². The Hall–Kier alpha value is -3.08. The van der Waals surface area contributed by atoms with Gasteiger partial charge < -0.3 is 14.9 Å². The van der Waals surface area contributed by atoms with Crippen LogP contribution in [0, 0.1) is 17.2 Å². The van der Waals surface area contributed by atoms with Crippen molar-refractivity contribution in [3.05, 3.63) is 51.9 Å². The number of aliphatic carboxylic acids is 1. The van der Waals surface area contributed by atoms with Gasteiger partial charge in [0.1, 0.15) is 11.9 Å². The number of rotatable bonds is 7. The smallest absolute Gasteiger partial charge is 0.475 e. The molecule has 0 bridgehead atoms. The second kappa shape index (κ2) is 14.0. The second-order valence-corrected chi connectivity index (χ2v) is 10.9. The zero-order chi connectivity index (χ0) is 29.4. The van der Waals surface area contributed by atoms with Crippen molar-refractivity contribution in [2.24, 2.45) is 5.92 Å². The van der Waals surface area contributed by atoms with Gasteiger partial charge in [0.15, 0.2) is 5.78 Å². The number of ketones is 1. The highest BCUT2D eigenvalue weighted by atomic mass is 79.9. The molecule has 216 valence electrons. The number of Topliss-reactive ketones (excluding diaryl/α,β-unsaturated/α-hetero) is 1. The Labute approximate surface area is 239 Å². The average molecular weight is 625 g/mol. The van der Waals surface area contributed by atoms with Crippen LogP contribution in [0.2, 0.25) is 0 Å². The van der Waals surface area contributed by atoms with Crippen molar-refractivity contribution >= 4 is 33.5 Å². The van der Waals surface area contributed by atoms with Crippen LogP contribution in [-0.4, -0.2) is 88.6 Å². The van der Waals surface area contributed by atoms with Crippen molar-refractivity contribution in [1.29, 1.82) is 5.26 Å². The Kier molecular flexibility index (Phi) is 11.0. The summed E-state index contributed by atoms with van der Waals surface area (Å²) in [5, 5.41) is 16.4. The maximum atomic E-state index is 13.3. The van der Waals surface area contributed by atoms with Crippen LogP contribution < -0.4 is 4.90 Å². The van der Waals surface area contributed by atoms with E-state index in [1.807, 2.05) is 18.2 Å². The fourth-order valence-corrected chi connectivity index (χ4v) is 5.28. The summed E-state index contributed by atoms with van der Waals surface area (Å²) in [4.78, 5) is 37.6. The van der Waals surface area contributed by atoms with E-state index >= 15 is 0 Å². The van der Waals surface area contributed by atoms with E-state index < -0.39 is 12.1 Å². The number of aromatic nitrogens is 2. The number of likely N-dealkylation sites (N-methyl/N-ethyl adjacent to an activating group) is 1. The van der Waals surface area contributed by atoms with Gasteiger partial charge in [0.2, 0.25) is 5.82 Å². The number of carbonyl (C=O) groups is 2. The zero-order valence-electron chi connectivity index (χ0n) is 22.4. The van der Waals surface area contributed by atoms with Gasteiger partial charge in [-0.1, -0.05) is 37.6 Å². The standard InChI is InChI=1S/C25H31BrN6O.C2HF3O2/c1-18-4-3-5-22(18)32(25-21(26)15-28-24(14-27)29-25)17-23(33)20-8-6-19(7-9-20)16-31-12-10-30(2)11-13-31;3-2(4,5)1(6)7/h6-9,15,18,22H,3-5,10-13,16-17H2,1-2H3;(H,6,7)/t18-,22+;/m1./s1. The first-order chi connectivity index (χ1) is 18.9. The molecular formula is C27H32BrF3N6O3. The highest BCUT2D eigenvalue weighted by molar-refractivity contribution is 9.10. The number of nitrogens with zero attached hydrogens (tertiary/aromatic N) is 6. The molecule has 2 aliphatic rings. The topological polar surface area (TPSA) is 114 Å². The SMILES string of the molecule is C[C@@H]1CCC[C@@H]1N(CC(=O)c1ccc(CN2CCN(C)CC2)cc1)c1nc(C#N)ncc1Br.O=C(O)C(F)(F)F. The number of hydrogen-bond acceptors (Lipinski definition) is 8. The van der Waals surface area contributed by atoms with Gasteiger partial charge in [0.05, 0.1) is 11.0 Å². The van der Waals surface area contributed by atoms with Crippen LogP contribution in [0.5, 0.6) is 0 Å². The molecule has 1 N–H and O–H groups in total. The molecule has 2 fully saturated rings. The van der Waals surface area contributed by atoms with Gasteiger partial charge in [-0.25, -0.2) is 14.8 Å². The van der Waals surface area contributed by atoms with Gasteiger partial charge in [-0.3, -0.25) is 9.69 Å². The van der Waals surface area contributed by atoms with Crippen LogP contribution in [0.15, 0.2) is 34.9 Å². The third-order valence-corrected chi connectivity index (χ3v) is 7.71. The maximum absolute atomic E-state index is 13.3. The van der Waals surface area contributed by atoms with Gasteiger partial charge in [-0.15, -0.1) is 0 Å². The first-order valence-electron chi connectivity index (χ1n) is 12.9. The molecule has 2 atom stereocenters. The largest absolute Gasteiger partial charge is 0.490 e. The molecule has 1 aliphatic carbocycles. The minimum Gasteiger partial charge on any atom is -0.475 e. The lowest BCUT2D eigenvalue weighted by Gasteiger charge is -2.33. The van der Waals surface area contributed by atoms with Crippen molar-refractivity contribution in [3.63, 3.8) is 0 Å². The lowest BCUT2D eigenvalue weighted by atomic mass is 10.0. The van der Waals surface area contributed by atoms with E-state index in [4.69, 9.17) is 9.90 Å². The highest BCUT2D eigenvalue weighted by Gasteiger charge is 2.38. The van der Waals surface area contributed by atoms with E-state index in [9.17, 15) is 23.2 Å². The maximum Gasteiger partial charge on any atom is 0.490 e. The summed E-state index contributed by atoms with van der Waals surface area (Å²) < 4.78 is 32.4. The molecule has 1 aliphatic heterocycles. The summed E-state index contributed by atoms with van der Waals surface area (Å²) in [6.07, 6.45) is -0.211. The predicted octanol–water partition coefficient (Wildman–Crippen LogP) is 4.37. The van der Waals surface area contributed by atoms with Crippen LogP contribution >= 0.6 is 15.9 Å². The number of alkyl halides is 3. The van der Waals surface area contributed by atoms with Gasteiger partial charge >= 0.3 is 12.1 Å². The number of piperazine rings is 1. The third kappa shape index (κ3) is 8.71. The molecular weight excluding hydrogens is 593 g/mol. The van der Waals surface area contributed by atoms with Gasteiger partial charge in [0.25, 0.3) is 0 Å². The summed E-state index contributed by atoms with van der Waals surface area (Å²) in [7, 11) is 2.16. The molecule has 40 heavy (non-hydrogen) atoms. The van der Waals surface area contributed by atoms with Crippen LogP contribution in [0.4, 0.5) is 19.0 Å². The number of carboxylic acid groups (broad SMARTS) is 1. The zero-order valence-corrected chi connectivity index (χ0v) is 24.0. The third-order valence-electron chi connectivity index (χ3n) is 7.15. The molecule has 1 saturated carbocycles. The Morgan fingerprint density at radius 2 is 1.80 bits per heavy atom. The van der Waals surface area contributed by atoms with E-state index in [2.05, 4.69) is 66.7 Å². The van der Waals surface area contributed by atoms with Crippen LogP contribution in [0.1, 0.15) is 47.9 Å². The predicted molar refractivity (Wildman–Crippen MR) is 146 cm³/mol. The second-order valence-electron chi connectivity index (χ2n) is 10.1. The Balaban J connectivity index is 0.000000559. The van der Waals surface area contributed by atoms with E-state index in [1.165, 1.54) is 5.56 Å². The fourth-order valence-electron chi connectivity index (χ4n) is 4.86. The highest BCUT2D eigenvalue weighted by Crippen LogP contribution is 2.35. The number of hydrogen-bond donors (Lipinski definition) is 1. The van der Waals surface area contributed by atoms with Crippen LogP contribution in [0.3, 0.4) is 0 Å². The molecule has 0 spiro atoms. The molecule has 2 aromatic rings. The summed E-state index contributed by atoms with van der Waals surface area (Å²) in [5.74, 6) is -1.50. The Bertz CT molecular complexity index is 1210. The van der Waals surface area contributed by atoms with E-state index in [-0.39, 0.29) is 24.2 Å². The number of carboxylic acids is 1. The molecule has 0 unspecified atom stereocenters. The van der Waals surface area contributed by atoms with Crippen molar-refractivity contribution in [3.8, 4) is 6.07 Å². The van der Waals surface area contributed by atoms with Crippen molar-refractivity contribution in [1.82, 2.24) is 19.8 Å². The first-order valence-corrected chi connectivity index (χ1v) is 13.7. The van der Waals surface area contributed by atoms with Crippen molar-refractivity contribution in [2.45, 2.75) is 44.9 Å². The fraction of sp³-hybridized carbons (Fsp3) is 0.519. The lowest BCUT2D eigenvalue weighted by Crippen LogP contribution is -2.43. The van der Waals surface area contributed by atoms with Gasteiger partial charge in [-0.05, 0) is 47.3 Å². The van der Waals surface area contributed by atoms with Gasteiger partial charge in [-0.2, -0.15) is 18.4 Å². The summed E-state index contributed by atoms with van der Waals surface area (Å²) in [6.45, 7) is 7.71. The molecule has 9 nitrogen and oxygen atoms in total. The average Bonchev–Trinajstić information content (AvgIpc) is 3.34. The molecule has 1 saturated heterocycles. The minimum atomic E-state index is -5.08. The molecule has 1 aromatic heterocycles. The number of nitriles is 1. The van der Waals surface area contributed by atoms with E-state index in [0.717, 1.165) is 52.0 Å². The van der Waals surface area contributed by atoms with Crippen LogP contribution in [0.25, 0.3) is 0 Å². The molecule has 0 amide bonds. The van der Waals surface area contributed by atoms with Crippen molar-refractivity contribution < 1.29 is 27.9 Å². The normalized spacial score (nSPS) is 19.8. The lowest BCUT2D eigenvalue weighted by molar-refractivity contribution is -0.192. The summed E-state index contributed by atoms with van der Waals surface area (Å²) >= 11 is 3.54. The first kappa shape index (κ1) is 31.4. The monoisotopic (exact) mass is 624 g/mol. The van der Waals surface area contributed by atoms with E-state index in [1.54, 1.807) is 6.20 Å². The Morgan fingerprint density at radius 3 is 2.33 bits per heavy atom. The Morgan fingerprint density at radius 1 is 1.18 bits per heavy atom. The van der Waals surface area contributed by atoms with Crippen molar-refractivity contribution in [2.75, 3.05) is 44.7 Å². The quantitative estimate of drug-likeness (QED) is 0.449. The number of carbonyl (C=O) groups excluding carboxylic acids is 1. The minimum absolute atomic E-state index is 0.0595. The molecule has 1 aromatic carbocycles.